The van der Waals surface area contributed by atoms with Gasteiger partial charge < -0.3 is 10.6 Å². The molecule has 1 aliphatic carbocycles. The summed E-state index contributed by atoms with van der Waals surface area (Å²) in [4.78, 5) is 24.4. The van der Waals surface area contributed by atoms with Crippen LogP contribution >= 0.6 is 0 Å². The maximum Gasteiger partial charge on any atom is 0.254 e. The fourth-order valence-electron chi connectivity index (χ4n) is 2.56. The van der Waals surface area contributed by atoms with E-state index in [4.69, 9.17) is 0 Å². The van der Waals surface area contributed by atoms with E-state index < -0.39 is 0 Å². The molecule has 0 atom stereocenters. The molecule has 1 amide bonds. The normalized spacial score (nSPS) is 14.7. The summed E-state index contributed by atoms with van der Waals surface area (Å²) in [5.41, 5.74) is 1.47. The maximum atomic E-state index is 12.0. The molecule has 6 nitrogen and oxygen atoms in total. The Labute approximate surface area is 129 Å². The van der Waals surface area contributed by atoms with E-state index in [9.17, 15) is 4.79 Å². The number of anilines is 1. The zero-order valence-corrected chi connectivity index (χ0v) is 12.3. The second kappa shape index (κ2) is 6.98. The highest BCUT2D eigenvalue weighted by Gasteiger charge is 2.15. The van der Waals surface area contributed by atoms with Crippen LogP contribution in [0, 0.1) is 0 Å². The molecule has 0 bridgehead atoms. The van der Waals surface area contributed by atoms with E-state index in [1.54, 1.807) is 24.8 Å². The van der Waals surface area contributed by atoms with Crippen molar-refractivity contribution in [2.45, 2.75) is 38.3 Å². The van der Waals surface area contributed by atoms with Crippen LogP contribution in [0.1, 0.15) is 41.6 Å². The summed E-state index contributed by atoms with van der Waals surface area (Å²) in [6, 6.07) is 4.20. The predicted octanol–water partition coefficient (Wildman–Crippen LogP) is 2.16. The van der Waals surface area contributed by atoms with Gasteiger partial charge in [-0.2, -0.15) is 0 Å². The van der Waals surface area contributed by atoms with E-state index >= 15 is 0 Å². The van der Waals surface area contributed by atoms with Crippen molar-refractivity contribution in [1.29, 1.82) is 0 Å². The van der Waals surface area contributed by atoms with Crippen LogP contribution in [0.4, 0.5) is 5.95 Å². The highest BCUT2D eigenvalue weighted by Crippen LogP contribution is 2.20. The molecule has 1 fully saturated rings. The molecule has 0 aromatic carbocycles. The zero-order chi connectivity index (χ0) is 15.2. The zero-order valence-electron chi connectivity index (χ0n) is 12.3. The fraction of sp³-hybridized carbons (Fsp3) is 0.375. The lowest BCUT2D eigenvalue weighted by Gasteiger charge is -2.11. The van der Waals surface area contributed by atoms with Gasteiger partial charge in [0.15, 0.2) is 0 Å². The SMILES string of the molecule is O=C(NCc1ccncc1)c1cnc(NC2CCCC2)nc1. The quantitative estimate of drug-likeness (QED) is 0.884. The van der Waals surface area contributed by atoms with Gasteiger partial charge in [0.05, 0.1) is 5.56 Å². The molecule has 2 heterocycles. The van der Waals surface area contributed by atoms with Gasteiger partial charge in [-0.05, 0) is 30.5 Å². The average molecular weight is 297 g/mol. The highest BCUT2D eigenvalue weighted by molar-refractivity contribution is 5.93. The van der Waals surface area contributed by atoms with Gasteiger partial charge in [-0.3, -0.25) is 9.78 Å². The number of carbonyl (C=O) groups excluding carboxylic acids is 1. The first-order chi connectivity index (χ1) is 10.8. The van der Waals surface area contributed by atoms with Crippen LogP contribution in [0.3, 0.4) is 0 Å². The summed E-state index contributed by atoms with van der Waals surface area (Å²) in [7, 11) is 0. The van der Waals surface area contributed by atoms with E-state index in [1.807, 2.05) is 12.1 Å². The van der Waals surface area contributed by atoms with Crippen molar-refractivity contribution in [3.05, 3.63) is 48.0 Å². The van der Waals surface area contributed by atoms with Gasteiger partial charge >= 0.3 is 0 Å². The van der Waals surface area contributed by atoms with Gasteiger partial charge in [0, 0.05) is 37.4 Å². The van der Waals surface area contributed by atoms with Crippen LogP contribution in [0.5, 0.6) is 0 Å². The van der Waals surface area contributed by atoms with Crippen molar-refractivity contribution in [2.24, 2.45) is 0 Å². The maximum absolute atomic E-state index is 12.0. The van der Waals surface area contributed by atoms with Gasteiger partial charge in [0.25, 0.3) is 5.91 Å². The molecule has 0 aliphatic heterocycles. The van der Waals surface area contributed by atoms with Crippen LogP contribution < -0.4 is 10.6 Å². The first kappa shape index (κ1) is 14.4. The third-order valence-corrected chi connectivity index (χ3v) is 3.80. The first-order valence-corrected chi connectivity index (χ1v) is 7.57. The minimum atomic E-state index is -0.177. The Hall–Kier alpha value is -2.50. The Morgan fingerprint density at radius 1 is 1.14 bits per heavy atom. The molecule has 2 N–H and O–H groups in total. The largest absolute Gasteiger partial charge is 0.351 e. The molecule has 1 saturated carbocycles. The Bertz CT molecular complexity index is 608. The number of nitrogens with zero attached hydrogens (tertiary/aromatic N) is 3. The lowest BCUT2D eigenvalue weighted by atomic mass is 10.2. The number of hydrogen-bond acceptors (Lipinski definition) is 5. The van der Waals surface area contributed by atoms with Crippen molar-refractivity contribution >= 4 is 11.9 Å². The number of amides is 1. The van der Waals surface area contributed by atoms with Crippen molar-refractivity contribution in [3.8, 4) is 0 Å². The Morgan fingerprint density at radius 2 is 1.82 bits per heavy atom. The van der Waals surface area contributed by atoms with E-state index in [1.165, 1.54) is 12.8 Å². The standard InChI is InChI=1S/C16H19N5O/c22-15(18-9-12-5-7-17-8-6-12)13-10-19-16(20-11-13)21-14-3-1-2-4-14/h5-8,10-11,14H,1-4,9H2,(H,18,22)(H,19,20,21). The van der Waals surface area contributed by atoms with Crippen LogP contribution in [-0.4, -0.2) is 26.9 Å². The Morgan fingerprint density at radius 3 is 2.50 bits per heavy atom. The van der Waals surface area contributed by atoms with Crippen molar-refractivity contribution < 1.29 is 4.79 Å². The van der Waals surface area contributed by atoms with Gasteiger partial charge in [-0.15, -0.1) is 0 Å². The van der Waals surface area contributed by atoms with E-state index in [0.717, 1.165) is 18.4 Å². The van der Waals surface area contributed by atoms with E-state index in [0.29, 0.717) is 24.1 Å². The monoisotopic (exact) mass is 297 g/mol. The minimum Gasteiger partial charge on any atom is -0.351 e. The molecule has 0 saturated heterocycles. The summed E-state index contributed by atoms with van der Waals surface area (Å²) in [5, 5.41) is 6.14. The van der Waals surface area contributed by atoms with E-state index in [-0.39, 0.29) is 5.91 Å². The number of rotatable bonds is 5. The second-order valence-electron chi connectivity index (χ2n) is 5.46. The number of aromatic nitrogens is 3. The van der Waals surface area contributed by atoms with E-state index in [2.05, 4.69) is 25.6 Å². The summed E-state index contributed by atoms with van der Waals surface area (Å²) in [6.45, 7) is 0.462. The molecule has 6 heteroatoms. The number of hydrogen-bond donors (Lipinski definition) is 2. The molecule has 1 aliphatic rings. The van der Waals surface area contributed by atoms with Gasteiger partial charge in [0.2, 0.25) is 5.95 Å². The summed E-state index contributed by atoms with van der Waals surface area (Å²) >= 11 is 0. The number of carbonyl (C=O) groups is 1. The van der Waals surface area contributed by atoms with Crippen molar-refractivity contribution in [2.75, 3.05) is 5.32 Å². The van der Waals surface area contributed by atoms with Crippen molar-refractivity contribution in [1.82, 2.24) is 20.3 Å². The fourth-order valence-corrected chi connectivity index (χ4v) is 2.56. The van der Waals surface area contributed by atoms with Gasteiger partial charge in [-0.25, -0.2) is 9.97 Å². The molecule has 0 radical (unpaired) electrons. The second-order valence-corrected chi connectivity index (χ2v) is 5.46. The highest BCUT2D eigenvalue weighted by atomic mass is 16.1. The Kier molecular flexibility index (Phi) is 4.58. The Balaban J connectivity index is 1.54. The third kappa shape index (κ3) is 3.78. The topological polar surface area (TPSA) is 79.8 Å². The number of nitrogens with one attached hydrogen (secondary N) is 2. The lowest BCUT2D eigenvalue weighted by Crippen LogP contribution is -2.23. The summed E-state index contributed by atoms with van der Waals surface area (Å²) in [5.74, 6) is 0.418. The van der Waals surface area contributed by atoms with Crippen LogP contribution in [0.15, 0.2) is 36.9 Å². The molecule has 3 rings (SSSR count). The molecular weight excluding hydrogens is 278 g/mol. The molecular formula is C16H19N5O. The summed E-state index contributed by atoms with van der Waals surface area (Å²) < 4.78 is 0. The first-order valence-electron chi connectivity index (χ1n) is 7.57. The molecule has 0 unspecified atom stereocenters. The molecule has 22 heavy (non-hydrogen) atoms. The molecule has 0 spiro atoms. The number of pyridine rings is 1. The molecule has 2 aromatic rings. The molecule has 2 aromatic heterocycles. The lowest BCUT2D eigenvalue weighted by molar-refractivity contribution is 0.0950. The predicted molar refractivity (Wildman–Crippen MR) is 83.3 cm³/mol. The smallest absolute Gasteiger partial charge is 0.254 e. The van der Waals surface area contributed by atoms with Crippen molar-refractivity contribution in [3.63, 3.8) is 0 Å². The average Bonchev–Trinajstić information content (AvgIpc) is 3.07. The minimum absolute atomic E-state index is 0.177. The van der Waals surface area contributed by atoms with Gasteiger partial charge in [-0.1, -0.05) is 12.8 Å². The van der Waals surface area contributed by atoms with Crippen LogP contribution in [0.25, 0.3) is 0 Å². The van der Waals surface area contributed by atoms with Gasteiger partial charge in [0.1, 0.15) is 0 Å². The molecule has 114 valence electrons. The summed E-state index contributed by atoms with van der Waals surface area (Å²) in [6.07, 6.45) is 11.4. The van der Waals surface area contributed by atoms with Crippen LogP contribution in [0.2, 0.25) is 0 Å². The van der Waals surface area contributed by atoms with Crippen LogP contribution in [-0.2, 0) is 6.54 Å². The third-order valence-electron chi connectivity index (χ3n) is 3.80.